The van der Waals surface area contributed by atoms with Crippen molar-refractivity contribution < 1.29 is 0 Å². The van der Waals surface area contributed by atoms with Crippen molar-refractivity contribution in [2.75, 3.05) is 0 Å². The van der Waals surface area contributed by atoms with Gasteiger partial charge in [-0.2, -0.15) is 0 Å². The van der Waals surface area contributed by atoms with E-state index in [-0.39, 0.29) is 5.41 Å². The van der Waals surface area contributed by atoms with Gasteiger partial charge in [0.25, 0.3) is 0 Å². The third kappa shape index (κ3) is 2.90. The molecule has 2 heterocycles. The van der Waals surface area contributed by atoms with E-state index in [9.17, 15) is 0 Å². The average molecular weight is 526 g/mol. The average Bonchev–Trinajstić information content (AvgIpc) is 3.66. The fourth-order valence-electron chi connectivity index (χ4n) is 7.39. The summed E-state index contributed by atoms with van der Waals surface area (Å²) >= 11 is 0. The number of rotatable bonds is 2. The van der Waals surface area contributed by atoms with Gasteiger partial charge in [-0.3, -0.25) is 4.57 Å². The number of nitrogens with zero attached hydrogens (tertiary/aromatic N) is 3. The third-order valence-corrected chi connectivity index (χ3v) is 9.17. The Balaban J connectivity index is 1.39. The van der Waals surface area contributed by atoms with Crippen LogP contribution in [-0.4, -0.2) is 14.1 Å². The van der Waals surface area contributed by atoms with E-state index >= 15 is 0 Å². The first-order valence-corrected chi connectivity index (χ1v) is 14.2. The molecule has 0 aliphatic heterocycles. The van der Waals surface area contributed by atoms with Gasteiger partial charge in [0, 0.05) is 21.9 Å². The molecule has 0 radical (unpaired) electrons. The zero-order valence-corrected chi connectivity index (χ0v) is 23.0. The van der Waals surface area contributed by atoms with Crippen molar-refractivity contribution in [3.63, 3.8) is 0 Å². The molecule has 3 nitrogen and oxygen atoms in total. The van der Waals surface area contributed by atoms with E-state index in [4.69, 9.17) is 4.98 Å². The quantitative estimate of drug-likeness (QED) is 0.220. The lowest BCUT2D eigenvalue weighted by molar-refractivity contribution is 0.667. The van der Waals surface area contributed by atoms with Crippen LogP contribution < -0.4 is 0 Å². The molecule has 1 aliphatic carbocycles. The lowest BCUT2D eigenvalue weighted by atomic mass is 9.80. The van der Waals surface area contributed by atoms with E-state index in [0.29, 0.717) is 0 Å². The Bertz CT molecular complexity index is 2330. The van der Waals surface area contributed by atoms with Crippen LogP contribution in [0.3, 0.4) is 0 Å². The van der Waals surface area contributed by atoms with Crippen LogP contribution in [-0.2, 0) is 5.41 Å². The summed E-state index contributed by atoms with van der Waals surface area (Å²) in [6.45, 7) is 4.78. The Hall–Kier alpha value is -5.15. The fraction of sp³-hybridized carbons (Fsp3) is 0.0789. The van der Waals surface area contributed by atoms with E-state index < -0.39 is 0 Å². The zero-order valence-electron chi connectivity index (χ0n) is 23.0. The Morgan fingerprint density at radius 2 is 1.37 bits per heavy atom. The first-order valence-electron chi connectivity index (χ1n) is 14.2. The second kappa shape index (κ2) is 7.96. The minimum absolute atomic E-state index is 0.135. The van der Waals surface area contributed by atoms with E-state index in [1.54, 1.807) is 0 Å². The number of benzene rings is 6. The van der Waals surface area contributed by atoms with Crippen LogP contribution in [0.25, 0.3) is 66.1 Å². The predicted molar refractivity (Wildman–Crippen MR) is 170 cm³/mol. The maximum atomic E-state index is 4.97. The smallest absolute Gasteiger partial charge is 0.113 e. The van der Waals surface area contributed by atoms with Crippen molar-refractivity contribution in [2.24, 2.45) is 0 Å². The summed E-state index contributed by atoms with van der Waals surface area (Å²) in [7, 11) is 0. The zero-order chi connectivity index (χ0) is 27.3. The lowest BCUT2D eigenvalue weighted by Crippen LogP contribution is -2.15. The van der Waals surface area contributed by atoms with Gasteiger partial charge < -0.3 is 4.57 Å². The molecule has 6 aromatic carbocycles. The van der Waals surface area contributed by atoms with Crippen LogP contribution in [0.1, 0.15) is 25.0 Å². The molecule has 8 aromatic rings. The molecule has 0 unspecified atom stereocenters. The fourth-order valence-corrected chi connectivity index (χ4v) is 7.39. The van der Waals surface area contributed by atoms with Crippen molar-refractivity contribution >= 4 is 43.6 Å². The highest BCUT2D eigenvalue weighted by Crippen LogP contribution is 2.55. The number of aromatic nitrogens is 3. The highest BCUT2D eigenvalue weighted by Gasteiger charge is 2.39. The summed E-state index contributed by atoms with van der Waals surface area (Å²) in [6, 6.07) is 43.9. The normalized spacial score (nSPS) is 13.8. The molecule has 0 saturated heterocycles. The minimum atomic E-state index is -0.135. The molecule has 2 aromatic heterocycles. The summed E-state index contributed by atoms with van der Waals surface area (Å²) in [4.78, 5) is 4.97. The van der Waals surface area contributed by atoms with E-state index in [1.807, 2.05) is 12.4 Å². The number of fused-ring (bicyclic) bond motifs is 10. The number of hydrogen-bond donors (Lipinski definition) is 0. The largest absolute Gasteiger partial charge is 0.307 e. The molecule has 0 N–H and O–H groups in total. The van der Waals surface area contributed by atoms with E-state index in [0.717, 1.165) is 22.4 Å². The second-order valence-corrected chi connectivity index (χ2v) is 11.7. The van der Waals surface area contributed by atoms with E-state index in [1.165, 1.54) is 54.8 Å². The molecule has 1 aliphatic rings. The van der Waals surface area contributed by atoms with Crippen LogP contribution in [0.15, 0.2) is 128 Å². The maximum Gasteiger partial charge on any atom is 0.113 e. The van der Waals surface area contributed by atoms with Gasteiger partial charge in [-0.15, -0.1) is 0 Å². The molecule has 0 amide bonds. The monoisotopic (exact) mass is 525 g/mol. The van der Waals surface area contributed by atoms with Crippen LogP contribution >= 0.6 is 0 Å². The molecule has 194 valence electrons. The van der Waals surface area contributed by atoms with Gasteiger partial charge in [0.2, 0.25) is 0 Å². The van der Waals surface area contributed by atoms with Crippen LogP contribution in [0.4, 0.5) is 0 Å². The molecule has 3 heteroatoms. The summed E-state index contributed by atoms with van der Waals surface area (Å²) in [5.74, 6) is 0. The standard InChI is InChI=1S/C38H27N3/c1-38(2)29-21-19-24-11-6-7-14-26(24)34(29)28-20-22-31-35(36(28)38)27-15-8-9-16-30(27)41(31)33-18-10-17-32-37(33)39-23-40(32)25-12-4-3-5-13-25/h3-23H,1-2H3. The Morgan fingerprint density at radius 1 is 0.610 bits per heavy atom. The van der Waals surface area contributed by atoms with Crippen molar-refractivity contribution in [3.8, 4) is 22.5 Å². The molecule has 41 heavy (non-hydrogen) atoms. The summed E-state index contributed by atoms with van der Waals surface area (Å²) in [5, 5.41) is 5.24. The second-order valence-electron chi connectivity index (χ2n) is 11.7. The summed E-state index contributed by atoms with van der Waals surface area (Å²) < 4.78 is 4.60. The lowest BCUT2D eigenvalue weighted by Gasteiger charge is -2.23. The Morgan fingerprint density at radius 3 is 2.24 bits per heavy atom. The molecule has 0 saturated carbocycles. The molecule has 0 bridgehead atoms. The first-order chi connectivity index (χ1) is 20.1. The molecular weight excluding hydrogens is 498 g/mol. The van der Waals surface area contributed by atoms with Gasteiger partial charge in [-0.25, -0.2) is 4.98 Å². The third-order valence-electron chi connectivity index (χ3n) is 9.17. The first kappa shape index (κ1) is 22.6. The van der Waals surface area contributed by atoms with Crippen molar-refractivity contribution in [1.82, 2.24) is 14.1 Å². The van der Waals surface area contributed by atoms with Crippen LogP contribution in [0.2, 0.25) is 0 Å². The van der Waals surface area contributed by atoms with Crippen molar-refractivity contribution in [1.29, 1.82) is 0 Å². The van der Waals surface area contributed by atoms with Gasteiger partial charge >= 0.3 is 0 Å². The van der Waals surface area contributed by atoms with Gasteiger partial charge in [0.05, 0.1) is 22.2 Å². The van der Waals surface area contributed by atoms with E-state index in [2.05, 4.69) is 138 Å². The van der Waals surface area contributed by atoms with Gasteiger partial charge in [-0.05, 0) is 69.4 Å². The summed E-state index contributed by atoms with van der Waals surface area (Å²) in [5.41, 5.74) is 12.1. The molecule has 9 rings (SSSR count). The summed E-state index contributed by atoms with van der Waals surface area (Å²) in [6.07, 6.45) is 1.94. The molecular formula is C38H27N3. The van der Waals surface area contributed by atoms with Gasteiger partial charge in [-0.1, -0.05) is 98.8 Å². The topological polar surface area (TPSA) is 22.8 Å². The highest BCUT2D eigenvalue weighted by molar-refractivity contribution is 6.16. The molecule has 0 spiro atoms. The van der Waals surface area contributed by atoms with Crippen molar-refractivity contribution in [2.45, 2.75) is 19.3 Å². The highest BCUT2D eigenvalue weighted by atomic mass is 15.1. The van der Waals surface area contributed by atoms with Crippen LogP contribution in [0, 0.1) is 0 Å². The van der Waals surface area contributed by atoms with Gasteiger partial charge in [0.1, 0.15) is 11.8 Å². The Labute approximate surface area is 237 Å². The molecule has 0 fully saturated rings. The number of imidazole rings is 1. The van der Waals surface area contributed by atoms with Crippen molar-refractivity contribution in [3.05, 3.63) is 139 Å². The number of para-hydroxylation sites is 3. The SMILES string of the molecule is CC1(C)c2ccc3ccccc3c2-c2ccc3c(c21)c1ccccc1n3-c1cccc2c1ncn2-c1ccccc1. The maximum absolute atomic E-state index is 4.97. The minimum Gasteiger partial charge on any atom is -0.307 e. The van der Waals surface area contributed by atoms with Crippen LogP contribution in [0.5, 0.6) is 0 Å². The molecule has 0 atom stereocenters. The predicted octanol–water partition coefficient (Wildman–Crippen LogP) is 9.58. The van der Waals surface area contributed by atoms with Gasteiger partial charge in [0.15, 0.2) is 0 Å². The Kier molecular flexibility index (Phi) is 4.39. The number of hydrogen-bond acceptors (Lipinski definition) is 1.